The van der Waals surface area contributed by atoms with E-state index in [9.17, 15) is 9.90 Å². The van der Waals surface area contributed by atoms with Crippen molar-refractivity contribution in [3.8, 4) is 27.3 Å². The maximum absolute atomic E-state index is 11.0. The first kappa shape index (κ1) is 19.4. The van der Waals surface area contributed by atoms with Gasteiger partial charge in [0.25, 0.3) is 0 Å². The molecule has 0 radical (unpaired) electrons. The molecule has 0 bridgehead atoms. The molecule has 3 aromatic carbocycles. The summed E-state index contributed by atoms with van der Waals surface area (Å²) in [5.74, 6) is -0.377. The fraction of sp³-hybridized carbons (Fsp3) is 0.0417. The fourth-order valence-electron chi connectivity index (χ4n) is 3.08. The fourth-order valence-corrected chi connectivity index (χ4v) is 4.70. The van der Waals surface area contributed by atoms with Gasteiger partial charge in [0.15, 0.2) is 0 Å². The Kier molecular flexibility index (Phi) is 5.79. The lowest BCUT2D eigenvalue weighted by Crippen LogP contribution is -2.21. The standard InChI is InChI=1S/C24H17BrO3S/c25-22-14-20(23(29-22)17-10-12-18(13-11-17)24(26)27)19-8-4-5-9-21(19)28-15-16-6-2-1-3-7-16/h1-14H,15H2,(H,26,27)/p-1. The third-order valence-corrected chi connectivity index (χ3v) is 6.19. The summed E-state index contributed by atoms with van der Waals surface area (Å²) in [5, 5.41) is 11.0. The van der Waals surface area contributed by atoms with Gasteiger partial charge in [0.1, 0.15) is 12.4 Å². The largest absolute Gasteiger partial charge is 0.545 e. The number of carbonyl (C=O) groups is 1. The molecule has 3 nitrogen and oxygen atoms in total. The molecule has 1 aromatic heterocycles. The van der Waals surface area contributed by atoms with E-state index in [0.29, 0.717) is 6.61 Å². The minimum absolute atomic E-state index is 0.164. The van der Waals surface area contributed by atoms with Crippen LogP contribution in [0.25, 0.3) is 21.6 Å². The molecule has 4 rings (SSSR count). The summed E-state index contributed by atoms with van der Waals surface area (Å²) in [6.45, 7) is 0.485. The van der Waals surface area contributed by atoms with Gasteiger partial charge in [-0.25, -0.2) is 0 Å². The van der Waals surface area contributed by atoms with E-state index in [1.807, 2.05) is 54.6 Å². The number of aromatic carboxylic acids is 1. The van der Waals surface area contributed by atoms with Crippen molar-refractivity contribution < 1.29 is 14.6 Å². The molecule has 5 heteroatoms. The second kappa shape index (κ2) is 8.64. The number of hydrogen-bond donors (Lipinski definition) is 0. The van der Waals surface area contributed by atoms with Crippen LogP contribution in [0, 0.1) is 0 Å². The number of hydrogen-bond acceptors (Lipinski definition) is 4. The summed E-state index contributed by atoms with van der Waals surface area (Å²) in [6.07, 6.45) is 0. The van der Waals surface area contributed by atoms with E-state index in [1.54, 1.807) is 35.6 Å². The van der Waals surface area contributed by atoms with Crippen LogP contribution in [0.1, 0.15) is 15.9 Å². The maximum atomic E-state index is 11.0. The predicted molar refractivity (Wildman–Crippen MR) is 118 cm³/mol. The van der Waals surface area contributed by atoms with Crippen LogP contribution in [0.5, 0.6) is 5.75 Å². The summed E-state index contributed by atoms with van der Waals surface area (Å²) in [7, 11) is 0. The highest BCUT2D eigenvalue weighted by Gasteiger charge is 2.16. The van der Waals surface area contributed by atoms with Crippen LogP contribution < -0.4 is 9.84 Å². The molecule has 0 unspecified atom stereocenters. The van der Waals surface area contributed by atoms with E-state index < -0.39 is 5.97 Å². The maximum Gasteiger partial charge on any atom is 0.127 e. The number of para-hydroxylation sites is 1. The van der Waals surface area contributed by atoms with Crippen molar-refractivity contribution in [2.75, 3.05) is 0 Å². The highest BCUT2D eigenvalue weighted by molar-refractivity contribution is 9.11. The summed E-state index contributed by atoms with van der Waals surface area (Å²) in [6, 6.07) is 26.8. The Hall–Kier alpha value is -2.89. The van der Waals surface area contributed by atoms with Gasteiger partial charge in [-0.1, -0.05) is 72.8 Å². The van der Waals surface area contributed by atoms with Crippen LogP contribution in [-0.4, -0.2) is 5.97 Å². The van der Waals surface area contributed by atoms with Crippen molar-refractivity contribution >= 4 is 33.2 Å². The van der Waals surface area contributed by atoms with E-state index in [0.717, 1.165) is 36.7 Å². The van der Waals surface area contributed by atoms with E-state index in [4.69, 9.17) is 4.74 Å². The molecule has 0 amide bonds. The Morgan fingerprint density at radius 2 is 1.59 bits per heavy atom. The van der Waals surface area contributed by atoms with Gasteiger partial charge in [-0.2, -0.15) is 0 Å². The average Bonchev–Trinajstić information content (AvgIpc) is 3.15. The van der Waals surface area contributed by atoms with Crippen molar-refractivity contribution in [2.45, 2.75) is 6.61 Å². The molecule has 0 fully saturated rings. The lowest BCUT2D eigenvalue weighted by molar-refractivity contribution is -0.255. The van der Waals surface area contributed by atoms with Crippen molar-refractivity contribution in [1.82, 2.24) is 0 Å². The lowest BCUT2D eigenvalue weighted by atomic mass is 10.0. The SMILES string of the molecule is O=C([O-])c1ccc(-c2sc(Br)cc2-c2ccccc2OCc2ccccc2)cc1. The molecule has 0 N–H and O–H groups in total. The van der Waals surface area contributed by atoms with E-state index >= 15 is 0 Å². The molecule has 29 heavy (non-hydrogen) atoms. The molecule has 4 aromatic rings. The molecule has 0 aliphatic carbocycles. The summed E-state index contributed by atoms with van der Waals surface area (Å²) in [5.41, 5.74) is 4.24. The second-order valence-electron chi connectivity index (χ2n) is 6.43. The first-order chi connectivity index (χ1) is 14.1. The zero-order valence-corrected chi connectivity index (χ0v) is 17.7. The van der Waals surface area contributed by atoms with E-state index in [1.165, 1.54) is 0 Å². The Bertz CT molecular complexity index is 1130. The zero-order valence-electron chi connectivity index (χ0n) is 15.3. The summed E-state index contributed by atoms with van der Waals surface area (Å²) < 4.78 is 7.12. The topological polar surface area (TPSA) is 49.4 Å². The van der Waals surface area contributed by atoms with Crippen LogP contribution in [0.2, 0.25) is 0 Å². The van der Waals surface area contributed by atoms with Crippen molar-refractivity contribution in [3.63, 3.8) is 0 Å². The Balaban J connectivity index is 1.70. The molecule has 0 atom stereocenters. The molecule has 0 spiro atoms. The van der Waals surface area contributed by atoms with Gasteiger partial charge in [-0.3, -0.25) is 0 Å². The lowest BCUT2D eigenvalue weighted by Gasteiger charge is -2.13. The van der Waals surface area contributed by atoms with Crippen LogP contribution >= 0.6 is 27.3 Å². The van der Waals surface area contributed by atoms with Gasteiger partial charge >= 0.3 is 0 Å². The third-order valence-electron chi connectivity index (χ3n) is 4.50. The van der Waals surface area contributed by atoms with E-state index in [2.05, 4.69) is 22.0 Å². The minimum atomic E-state index is -1.18. The molecule has 1 heterocycles. The van der Waals surface area contributed by atoms with Gasteiger partial charge in [0, 0.05) is 16.0 Å². The van der Waals surface area contributed by atoms with Crippen LogP contribution in [-0.2, 0) is 6.61 Å². The number of thiophene rings is 1. The number of halogens is 1. The molecule has 144 valence electrons. The Morgan fingerprint density at radius 3 is 2.31 bits per heavy atom. The highest BCUT2D eigenvalue weighted by Crippen LogP contribution is 2.44. The summed E-state index contributed by atoms with van der Waals surface area (Å²) >= 11 is 5.19. The van der Waals surface area contributed by atoms with Crippen LogP contribution in [0.15, 0.2) is 88.7 Å². The van der Waals surface area contributed by atoms with Crippen molar-refractivity contribution in [1.29, 1.82) is 0 Å². The highest BCUT2D eigenvalue weighted by atomic mass is 79.9. The Labute approximate surface area is 181 Å². The number of carboxylic acid groups (broad SMARTS) is 1. The monoisotopic (exact) mass is 463 g/mol. The molecule has 0 saturated carbocycles. The van der Waals surface area contributed by atoms with Crippen molar-refractivity contribution in [2.24, 2.45) is 0 Å². The van der Waals surface area contributed by atoms with Gasteiger partial charge in [0.05, 0.1) is 9.76 Å². The number of benzene rings is 3. The minimum Gasteiger partial charge on any atom is -0.545 e. The average molecular weight is 464 g/mol. The molecule has 0 aliphatic rings. The number of carbonyl (C=O) groups excluding carboxylic acids is 1. The number of carboxylic acids is 1. The van der Waals surface area contributed by atoms with Gasteiger partial charge in [-0.15, -0.1) is 11.3 Å². The van der Waals surface area contributed by atoms with Crippen molar-refractivity contribution in [3.05, 3.63) is 99.8 Å². The summed E-state index contributed by atoms with van der Waals surface area (Å²) in [4.78, 5) is 12.1. The first-order valence-corrected chi connectivity index (χ1v) is 10.6. The molecule has 0 aliphatic heterocycles. The number of rotatable bonds is 6. The van der Waals surface area contributed by atoms with Gasteiger partial charge in [-0.05, 0) is 44.8 Å². The van der Waals surface area contributed by atoms with E-state index in [-0.39, 0.29) is 5.56 Å². The number of ether oxygens (including phenoxy) is 1. The second-order valence-corrected chi connectivity index (χ2v) is 8.86. The van der Waals surface area contributed by atoms with Gasteiger partial charge in [0.2, 0.25) is 0 Å². The third kappa shape index (κ3) is 4.42. The van der Waals surface area contributed by atoms with Crippen LogP contribution in [0.3, 0.4) is 0 Å². The smallest absolute Gasteiger partial charge is 0.127 e. The normalized spacial score (nSPS) is 10.7. The first-order valence-electron chi connectivity index (χ1n) is 8.99. The van der Waals surface area contributed by atoms with Gasteiger partial charge < -0.3 is 14.6 Å². The molecular weight excluding hydrogens is 448 g/mol. The Morgan fingerprint density at radius 1 is 0.897 bits per heavy atom. The van der Waals surface area contributed by atoms with Crippen LogP contribution in [0.4, 0.5) is 0 Å². The quantitative estimate of drug-likeness (QED) is 0.363. The molecular formula is C24H16BrO3S-. The zero-order chi connectivity index (χ0) is 20.2. The predicted octanol–water partition coefficient (Wildman–Crippen LogP) is 5.79. The molecule has 0 saturated heterocycles.